The molecule has 2 fully saturated rings. The van der Waals surface area contributed by atoms with Crippen LogP contribution in [0.4, 0.5) is 8.78 Å². The van der Waals surface area contributed by atoms with Crippen LogP contribution in [0, 0.1) is 0 Å². The molecule has 2 saturated heterocycles. The number of hydrogen-bond donors (Lipinski definition) is 2. The molecule has 2 aliphatic rings. The molecule has 2 N–H and O–H groups in total. The Hall–Kier alpha value is -0.400. The van der Waals surface area contributed by atoms with E-state index in [1.165, 1.54) is 11.8 Å². The molecule has 0 spiro atoms. The molecule has 0 aliphatic carbocycles. The van der Waals surface area contributed by atoms with Crippen molar-refractivity contribution >= 4 is 16.9 Å². The van der Waals surface area contributed by atoms with Crippen LogP contribution < -0.4 is 5.32 Å². The third-order valence-corrected chi connectivity index (χ3v) is 3.68. The Morgan fingerprint density at radius 1 is 1.67 bits per heavy atom. The Balaban J connectivity index is 2.05. The molecule has 2 aliphatic heterocycles. The van der Waals surface area contributed by atoms with Crippen LogP contribution in [-0.4, -0.2) is 47.4 Å². The summed E-state index contributed by atoms with van der Waals surface area (Å²) in [5, 5.41) is 13.1. The van der Waals surface area contributed by atoms with Gasteiger partial charge in [0.15, 0.2) is 5.17 Å². The van der Waals surface area contributed by atoms with Crippen LogP contribution in [0.25, 0.3) is 0 Å². The van der Waals surface area contributed by atoms with Gasteiger partial charge in [-0.25, -0.2) is 8.78 Å². The SMILES string of the molecule is CN=C1NC2CC(O)C(C(F)F)OC2S1. The van der Waals surface area contributed by atoms with E-state index in [4.69, 9.17) is 4.74 Å². The summed E-state index contributed by atoms with van der Waals surface area (Å²) in [4.78, 5) is 3.93. The van der Waals surface area contributed by atoms with Crippen LogP contribution in [0.3, 0.4) is 0 Å². The normalized spacial score (nSPS) is 43.1. The molecule has 2 rings (SSSR count). The minimum absolute atomic E-state index is 0.126. The summed E-state index contributed by atoms with van der Waals surface area (Å²) in [6.07, 6.45) is -4.87. The van der Waals surface area contributed by atoms with Gasteiger partial charge in [-0.3, -0.25) is 4.99 Å². The monoisotopic (exact) mass is 238 g/mol. The number of rotatable bonds is 1. The molecule has 86 valence electrons. The molecule has 0 aromatic carbocycles. The van der Waals surface area contributed by atoms with Crippen molar-refractivity contribution in [2.75, 3.05) is 7.05 Å². The lowest BCUT2D eigenvalue weighted by molar-refractivity contribution is -0.154. The summed E-state index contributed by atoms with van der Waals surface area (Å²) in [7, 11) is 1.62. The molecule has 7 heteroatoms. The molecule has 0 radical (unpaired) electrons. The number of nitrogens with zero attached hydrogens (tertiary/aromatic N) is 1. The van der Waals surface area contributed by atoms with Crippen LogP contribution >= 0.6 is 11.8 Å². The third-order valence-electron chi connectivity index (χ3n) is 2.48. The van der Waals surface area contributed by atoms with Gasteiger partial charge in [-0.2, -0.15) is 0 Å². The van der Waals surface area contributed by atoms with Gasteiger partial charge in [-0.15, -0.1) is 0 Å². The number of thioether (sulfide) groups is 1. The zero-order valence-electron chi connectivity index (χ0n) is 8.06. The molecule has 0 aromatic heterocycles. The number of alkyl halides is 2. The first-order valence-electron chi connectivity index (χ1n) is 4.63. The number of aliphatic imine (C=N–C) groups is 1. The fraction of sp³-hybridized carbons (Fsp3) is 0.875. The van der Waals surface area contributed by atoms with E-state index in [-0.39, 0.29) is 17.9 Å². The molecule has 4 nitrogen and oxygen atoms in total. The third kappa shape index (κ3) is 2.09. The van der Waals surface area contributed by atoms with Crippen molar-refractivity contribution < 1.29 is 18.6 Å². The standard InChI is InChI=1S/C8H12F2N2O2S/c1-11-8-12-3-2-4(13)5(6(9)10)14-7(3)15-8/h3-7,13H,2H2,1H3,(H,11,12). The predicted octanol–water partition coefficient (Wildman–Crippen LogP) is 0.418. The molecular formula is C8H12F2N2O2S. The highest BCUT2D eigenvalue weighted by Crippen LogP contribution is 2.34. The minimum atomic E-state index is -2.65. The van der Waals surface area contributed by atoms with Crippen molar-refractivity contribution in [3.05, 3.63) is 0 Å². The Bertz CT molecular complexity index is 277. The van der Waals surface area contributed by atoms with Crippen LogP contribution in [-0.2, 0) is 4.74 Å². The summed E-state index contributed by atoms with van der Waals surface area (Å²) in [6, 6.07) is -0.126. The van der Waals surface area contributed by atoms with Crippen LogP contribution in [0.15, 0.2) is 4.99 Å². The van der Waals surface area contributed by atoms with Crippen LogP contribution in [0.5, 0.6) is 0 Å². The van der Waals surface area contributed by atoms with Gasteiger partial charge in [0.05, 0.1) is 12.1 Å². The number of amidine groups is 1. The fourth-order valence-electron chi connectivity index (χ4n) is 1.73. The van der Waals surface area contributed by atoms with Gasteiger partial charge < -0.3 is 15.2 Å². The van der Waals surface area contributed by atoms with E-state index in [1.54, 1.807) is 7.05 Å². The number of aliphatic hydroxyl groups excluding tert-OH is 1. The van der Waals surface area contributed by atoms with Crippen molar-refractivity contribution in [1.82, 2.24) is 5.32 Å². The second kappa shape index (κ2) is 4.23. The molecule has 0 saturated carbocycles. The summed E-state index contributed by atoms with van der Waals surface area (Å²) >= 11 is 1.29. The number of fused-ring (bicyclic) bond motifs is 1. The molecule has 4 atom stereocenters. The fourth-order valence-corrected chi connectivity index (χ4v) is 2.80. The van der Waals surface area contributed by atoms with Crippen LogP contribution in [0.2, 0.25) is 0 Å². The van der Waals surface area contributed by atoms with Crippen molar-refractivity contribution in [3.8, 4) is 0 Å². The van der Waals surface area contributed by atoms with Crippen molar-refractivity contribution in [3.63, 3.8) is 0 Å². The number of halogens is 2. The maximum absolute atomic E-state index is 12.5. The lowest BCUT2D eigenvalue weighted by atomic mass is 10.0. The second-order valence-electron chi connectivity index (χ2n) is 3.50. The average Bonchev–Trinajstić information content (AvgIpc) is 2.58. The summed E-state index contributed by atoms with van der Waals surface area (Å²) in [6.45, 7) is 0. The predicted molar refractivity (Wildman–Crippen MR) is 53.2 cm³/mol. The molecule has 0 bridgehead atoms. The Kier molecular flexibility index (Phi) is 3.13. The largest absolute Gasteiger partial charge is 0.390 e. The number of ether oxygens (including phenoxy) is 1. The van der Waals surface area contributed by atoms with E-state index in [0.29, 0.717) is 5.17 Å². The smallest absolute Gasteiger partial charge is 0.266 e. The number of aliphatic hydroxyl groups is 1. The van der Waals surface area contributed by atoms with Crippen molar-refractivity contribution in [2.45, 2.75) is 36.5 Å². The molecule has 0 aromatic rings. The van der Waals surface area contributed by atoms with E-state index in [2.05, 4.69) is 10.3 Å². The van der Waals surface area contributed by atoms with Gasteiger partial charge in [-0.1, -0.05) is 11.8 Å². The Morgan fingerprint density at radius 2 is 2.40 bits per heavy atom. The first kappa shape index (κ1) is 11.1. The van der Waals surface area contributed by atoms with Crippen LogP contribution in [0.1, 0.15) is 6.42 Å². The second-order valence-corrected chi connectivity index (χ2v) is 4.59. The quantitative estimate of drug-likeness (QED) is 0.695. The van der Waals surface area contributed by atoms with Gasteiger partial charge >= 0.3 is 0 Å². The lowest BCUT2D eigenvalue weighted by Crippen LogP contribution is -2.50. The van der Waals surface area contributed by atoms with E-state index in [1.807, 2.05) is 0 Å². The van der Waals surface area contributed by atoms with E-state index in [0.717, 1.165) is 0 Å². The Labute approximate surface area is 90.1 Å². The first-order chi connectivity index (χ1) is 7.11. The van der Waals surface area contributed by atoms with Gasteiger partial charge in [0.2, 0.25) is 0 Å². The minimum Gasteiger partial charge on any atom is -0.390 e. The van der Waals surface area contributed by atoms with Gasteiger partial charge in [0.25, 0.3) is 6.43 Å². The highest BCUT2D eigenvalue weighted by atomic mass is 32.2. The molecular weight excluding hydrogens is 226 g/mol. The Morgan fingerprint density at radius 3 is 3.00 bits per heavy atom. The molecule has 0 amide bonds. The van der Waals surface area contributed by atoms with Crippen molar-refractivity contribution in [2.24, 2.45) is 4.99 Å². The first-order valence-corrected chi connectivity index (χ1v) is 5.51. The summed E-state index contributed by atoms with van der Waals surface area (Å²) < 4.78 is 30.1. The lowest BCUT2D eigenvalue weighted by Gasteiger charge is -2.34. The van der Waals surface area contributed by atoms with E-state index >= 15 is 0 Å². The highest BCUT2D eigenvalue weighted by Gasteiger charge is 2.45. The number of hydrogen-bond acceptors (Lipinski definition) is 4. The van der Waals surface area contributed by atoms with E-state index in [9.17, 15) is 13.9 Å². The summed E-state index contributed by atoms with van der Waals surface area (Å²) in [5.41, 5.74) is -0.369. The van der Waals surface area contributed by atoms with Gasteiger partial charge in [0.1, 0.15) is 11.5 Å². The molecule has 4 unspecified atom stereocenters. The maximum atomic E-state index is 12.5. The number of nitrogens with one attached hydrogen (secondary N) is 1. The molecule has 15 heavy (non-hydrogen) atoms. The summed E-state index contributed by atoms with van der Waals surface area (Å²) in [5.74, 6) is 0. The topological polar surface area (TPSA) is 53.9 Å². The highest BCUT2D eigenvalue weighted by molar-refractivity contribution is 8.14. The van der Waals surface area contributed by atoms with E-state index < -0.39 is 18.6 Å². The average molecular weight is 238 g/mol. The zero-order chi connectivity index (χ0) is 11.0. The van der Waals surface area contributed by atoms with Gasteiger partial charge in [0, 0.05) is 7.05 Å². The maximum Gasteiger partial charge on any atom is 0.266 e. The molecule has 2 heterocycles. The zero-order valence-corrected chi connectivity index (χ0v) is 8.88. The van der Waals surface area contributed by atoms with Gasteiger partial charge in [-0.05, 0) is 6.42 Å². The van der Waals surface area contributed by atoms with Crippen molar-refractivity contribution in [1.29, 1.82) is 0 Å².